The molecule has 0 amide bonds. The summed E-state index contributed by atoms with van der Waals surface area (Å²) in [6.07, 6.45) is 14.7. The molecule has 0 unspecified atom stereocenters. The molecule has 0 aliphatic heterocycles. The van der Waals surface area contributed by atoms with E-state index < -0.39 is 38.4 Å². The first kappa shape index (κ1) is 36.2. The van der Waals surface area contributed by atoms with Crippen LogP contribution >= 0.6 is 0 Å². The molecule has 4 aromatic carbocycles. The first-order chi connectivity index (χ1) is 22.2. The van der Waals surface area contributed by atoms with Gasteiger partial charge in [-0.2, -0.15) is 0 Å². The van der Waals surface area contributed by atoms with Crippen molar-refractivity contribution < 1.29 is 7.56 Å². The van der Waals surface area contributed by atoms with Crippen molar-refractivity contribution in [3.05, 3.63) is 121 Å². The van der Waals surface area contributed by atoms with Crippen LogP contribution in [0.2, 0.25) is 0 Å². The number of hydrogen-bond acceptors (Lipinski definition) is 3. The average molecular weight is 820 g/mol. The third-order valence-electron chi connectivity index (χ3n) is 8.51. The molecular weight excluding hydrogens is 766 g/mol. The predicted molar refractivity (Wildman–Crippen MR) is 196 cm³/mol. The van der Waals surface area contributed by atoms with Crippen molar-refractivity contribution in [1.29, 1.82) is 0 Å². The summed E-state index contributed by atoms with van der Waals surface area (Å²) in [7, 11) is 0. The average Bonchev–Trinajstić information content (AvgIpc) is 3.11. The van der Waals surface area contributed by atoms with E-state index in [4.69, 9.17) is 7.56 Å². The molecular formula is C40H54O3Sn2. The van der Waals surface area contributed by atoms with Gasteiger partial charge in [0.1, 0.15) is 0 Å². The Morgan fingerprint density at radius 1 is 0.356 bits per heavy atom. The minimum absolute atomic E-state index is 0.703. The summed E-state index contributed by atoms with van der Waals surface area (Å²) in [5.41, 5.74) is 0. The van der Waals surface area contributed by atoms with Gasteiger partial charge in [-0.05, 0) is 0 Å². The van der Waals surface area contributed by atoms with Crippen LogP contribution in [-0.2, 0) is 7.56 Å². The summed E-state index contributed by atoms with van der Waals surface area (Å²) >= 11 is -8.66. The Morgan fingerprint density at radius 2 is 0.622 bits per heavy atom. The Balaban J connectivity index is 1.78. The maximum atomic E-state index is 8.04. The van der Waals surface area contributed by atoms with Gasteiger partial charge >= 0.3 is 286 Å². The molecule has 4 aromatic rings. The second-order valence-electron chi connectivity index (χ2n) is 12.0. The summed E-state index contributed by atoms with van der Waals surface area (Å²) in [6.45, 7) is 5.95. The minimum atomic E-state index is -4.33. The number of hydrogen-bond donors (Lipinski definition) is 0. The number of rotatable bonds is 22. The van der Waals surface area contributed by atoms with Crippen molar-refractivity contribution >= 4 is 52.7 Å². The SMILES string of the molecule is CCCCCCCC[O][Sn]([O][Sn]([O]CCCCCCCC)([c]1ccccc1)[c]1ccccc1)([c]1ccccc1)[c]1ccccc1. The van der Waals surface area contributed by atoms with Crippen molar-refractivity contribution in [2.45, 2.75) is 90.9 Å². The molecule has 5 heteroatoms. The molecule has 0 heterocycles. The van der Waals surface area contributed by atoms with E-state index in [0.717, 1.165) is 12.8 Å². The van der Waals surface area contributed by atoms with E-state index >= 15 is 0 Å². The summed E-state index contributed by atoms with van der Waals surface area (Å²) in [5.74, 6) is 0. The Labute approximate surface area is 283 Å². The zero-order valence-corrected chi connectivity index (χ0v) is 33.4. The van der Waals surface area contributed by atoms with Crippen LogP contribution in [-0.4, -0.2) is 51.6 Å². The van der Waals surface area contributed by atoms with Crippen LogP contribution in [0.15, 0.2) is 121 Å². The fraction of sp³-hybridized carbons (Fsp3) is 0.400. The molecule has 0 aliphatic carbocycles. The maximum absolute atomic E-state index is 8.04. The van der Waals surface area contributed by atoms with Gasteiger partial charge < -0.3 is 0 Å². The normalized spacial score (nSPS) is 12.0. The van der Waals surface area contributed by atoms with Crippen molar-refractivity contribution in [2.24, 2.45) is 0 Å². The quantitative estimate of drug-likeness (QED) is 0.0591. The van der Waals surface area contributed by atoms with Gasteiger partial charge in [0.2, 0.25) is 0 Å². The van der Waals surface area contributed by atoms with Crippen LogP contribution in [0.4, 0.5) is 0 Å². The van der Waals surface area contributed by atoms with E-state index in [1.165, 1.54) is 78.5 Å². The van der Waals surface area contributed by atoms with E-state index in [-0.39, 0.29) is 0 Å². The van der Waals surface area contributed by atoms with Crippen LogP contribution in [0.5, 0.6) is 0 Å². The van der Waals surface area contributed by atoms with Gasteiger partial charge in [-0.25, -0.2) is 0 Å². The summed E-state index contributed by atoms with van der Waals surface area (Å²) < 4.78 is 27.5. The standard InChI is InChI=1S/2C8H17O.4C6H5.O.2Sn/c2*1-2-3-4-5-6-7-8-9;4*1-2-4-6-5-3-1;;;/h2*2-8H2,1H3;4*1-5H;;;/q2*-1;;;;;;2*+1. The second kappa shape index (κ2) is 20.6. The Kier molecular flexibility index (Phi) is 16.5. The van der Waals surface area contributed by atoms with Gasteiger partial charge in [-0.1, -0.05) is 0 Å². The molecule has 0 N–H and O–H groups in total. The first-order valence-electron chi connectivity index (χ1n) is 17.5. The third-order valence-corrected chi connectivity index (χ3v) is 37.1. The van der Waals surface area contributed by atoms with E-state index in [2.05, 4.69) is 135 Å². The summed E-state index contributed by atoms with van der Waals surface area (Å²) in [4.78, 5) is 0. The topological polar surface area (TPSA) is 27.7 Å². The molecule has 0 aromatic heterocycles. The molecule has 3 nitrogen and oxygen atoms in total. The molecule has 0 spiro atoms. The molecule has 0 aliphatic rings. The molecule has 4 rings (SSSR count). The molecule has 0 bridgehead atoms. The van der Waals surface area contributed by atoms with Gasteiger partial charge in [-0.3, -0.25) is 0 Å². The van der Waals surface area contributed by atoms with Crippen molar-refractivity contribution in [3.8, 4) is 0 Å². The van der Waals surface area contributed by atoms with E-state index in [1.807, 2.05) is 0 Å². The van der Waals surface area contributed by atoms with E-state index in [1.54, 1.807) is 0 Å². The summed E-state index contributed by atoms with van der Waals surface area (Å²) in [6, 6.07) is 43.4. The first-order valence-corrected chi connectivity index (χ1v) is 27.8. The Bertz CT molecular complexity index is 1120. The van der Waals surface area contributed by atoms with Crippen LogP contribution in [0, 0.1) is 0 Å². The monoisotopic (exact) mass is 822 g/mol. The van der Waals surface area contributed by atoms with Crippen LogP contribution in [0.1, 0.15) is 90.9 Å². The Morgan fingerprint density at radius 3 is 0.911 bits per heavy atom. The van der Waals surface area contributed by atoms with Gasteiger partial charge in [0, 0.05) is 0 Å². The number of unbranched alkanes of at least 4 members (excludes halogenated alkanes) is 10. The Hall–Kier alpha value is -1.64. The van der Waals surface area contributed by atoms with E-state index in [9.17, 15) is 0 Å². The molecule has 0 saturated heterocycles. The molecule has 0 atom stereocenters. The van der Waals surface area contributed by atoms with Gasteiger partial charge in [0.05, 0.1) is 0 Å². The number of benzene rings is 4. The van der Waals surface area contributed by atoms with Gasteiger partial charge in [0.15, 0.2) is 0 Å². The zero-order chi connectivity index (χ0) is 31.5. The molecule has 240 valence electrons. The molecule has 0 fully saturated rings. The second-order valence-corrected chi connectivity index (χ2v) is 31.8. The molecule has 0 saturated carbocycles. The fourth-order valence-corrected chi connectivity index (χ4v) is 41.3. The molecule has 0 radical (unpaired) electrons. The third kappa shape index (κ3) is 10.7. The van der Waals surface area contributed by atoms with Crippen LogP contribution < -0.4 is 14.3 Å². The van der Waals surface area contributed by atoms with Crippen molar-refractivity contribution in [1.82, 2.24) is 0 Å². The fourth-order valence-electron chi connectivity index (χ4n) is 5.99. The predicted octanol–water partition coefficient (Wildman–Crippen LogP) is 8.27. The van der Waals surface area contributed by atoms with Crippen LogP contribution in [0.3, 0.4) is 0 Å². The van der Waals surface area contributed by atoms with E-state index in [0.29, 0.717) is 13.2 Å². The van der Waals surface area contributed by atoms with Crippen LogP contribution in [0.25, 0.3) is 0 Å². The molecule has 45 heavy (non-hydrogen) atoms. The van der Waals surface area contributed by atoms with Crippen molar-refractivity contribution in [3.63, 3.8) is 0 Å². The van der Waals surface area contributed by atoms with Gasteiger partial charge in [-0.15, -0.1) is 0 Å². The van der Waals surface area contributed by atoms with Crippen molar-refractivity contribution in [2.75, 3.05) is 13.2 Å². The van der Waals surface area contributed by atoms with Gasteiger partial charge in [0.25, 0.3) is 0 Å². The zero-order valence-electron chi connectivity index (χ0n) is 27.7. The summed E-state index contributed by atoms with van der Waals surface area (Å²) in [5, 5.41) is 0.